The summed E-state index contributed by atoms with van der Waals surface area (Å²) in [7, 11) is 4.33. The molecule has 0 heterocycles. The van der Waals surface area contributed by atoms with Crippen molar-refractivity contribution in [3.63, 3.8) is 0 Å². The van der Waals surface area contributed by atoms with E-state index in [1.54, 1.807) is 0 Å². The maximum Gasteiger partial charge on any atom is 0.120 e. The van der Waals surface area contributed by atoms with Gasteiger partial charge in [0, 0.05) is 6.54 Å². The Labute approximate surface area is 133 Å². The van der Waals surface area contributed by atoms with E-state index >= 15 is 0 Å². The van der Waals surface area contributed by atoms with Gasteiger partial charge in [0.25, 0.3) is 0 Å². The van der Waals surface area contributed by atoms with Crippen LogP contribution in [0.2, 0.25) is 0 Å². The Morgan fingerprint density at radius 3 is 2.64 bits per heavy atom. The van der Waals surface area contributed by atoms with Crippen molar-refractivity contribution < 1.29 is 4.74 Å². The van der Waals surface area contributed by atoms with Crippen LogP contribution in [-0.4, -0.2) is 25.5 Å². The average molecular weight is 295 g/mol. The van der Waals surface area contributed by atoms with Crippen LogP contribution in [0.15, 0.2) is 48.5 Å². The van der Waals surface area contributed by atoms with Crippen LogP contribution >= 0.6 is 0 Å². The number of hydrogen-bond acceptors (Lipinski definition) is 2. The summed E-state index contributed by atoms with van der Waals surface area (Å²) in [6, 6.07) is 17.0. The summed E-state index contributed by atoms with van der Waals surface area (Å²) in [5.74, 6) is 1.78. The van der Waals surface area contributed by atoms with Crippen LogP contribution < -0.4 is 4.74 Å². The molecule has 2 aromatic rings. The van der Waals surface area contributed by atoms with Crippen molar-refractivity contribution in [1.29, 1.82) is 0 Å². The van der Waals surface area contributed by atoms with E-state index in [0.717, 1.165) is 11.7 Å². The SMILES string of the molecule is CN(C)CC1CCc2cc(OCc3ccccc3)ccc2C1. The van der Waals surface area contributed by atoms with Crippen LogP contribution in [0, 0.1) is 5.92 Å². The minimum Gasteiger partial charge on any atom is -0.489 e. The lowest BCUT2D eigenvalue weighted by Crippen LogP contribution is -2.26. The van der Waals surface area contributed by atoms with E-state index in [-0.39, 0.29) is 0 Å². The number of benzene rings is 2. The van der Waals surface area contributed by atoms with E-state index in [9.17, 15) is 0 Å². The predicted molar refractivity (Wildman–Crippen MR) is 91.3 cm³/mol. The molecule has 0 saturated heterocycles. The average Bonchev–Trinajstić information content (AvgIpc) is 2.53. The molecule has 0 radical (unpaired) electrons. The Morgan fingerprint density at radius 2 is 1.86 bits per heavy atom. The molecule has 0 saturated carbocycles. The summed E-state index contributed by atoms with van der Waals surface area (Å²) in [6.07, 6.45) is 3.66. The van der Waals surface area contributed by atoms with E-state index in [2.05, 4.69) is 61.5 Å². The monoisotopic (exact) mass is 295 g/mol. The normalized spacial score (nSPS) is 17.3. The fourth-order valence-electron chi connectivity index (χ4n) is 3.31. The van der Waals surface area contributed by atoms with Gasteiger partial charge in [0.15, 0.2) is 0 Å². The molecule has 22 heavy (non-hydrogen) atoms. The second-order valence-electron chi connectivity index (χ2n) is 6.58. The van der Waals surface area contributed by atoms with Gasteiger partial charge >= 0.3 is 0 Å². The van der Waals surface area contributed by atoms with E-state index < -0.39 is 0 Å². The van der Waals surface area contributed by atoms with Crippen LogP contribution in [-0.2, 0) is 19.4 Å². The van der Waals surface area contributed by atoms with E-state index in [4.69, 9.17) is 4.74 Å². The summed E-state index contributed by atoms with van der Waals surface area (Å²) >= 11 is 0. The molecule has 0 N–H and O–H groups in total. The number of ether oxygens (including phenoxy) is 1. The lowest BCUT2D eigenvalue weighted by Gasteiger charge is -2.27. The van der Waals surface area contributed by atoms with Crippen molar-refractivity contribution in [2.75, 3.05) is 20.6 Å². The maximum atomic E-state index is 5.94. The van der Waals surface area contributed by atoms with Gasteiger partial charge in [-0.05, 0) is 68.1 Å². The second kappa shape index (κ2) is 6.97. The first-order valence-corrected chi connectivity index (χ1v) is 8.14. The minimum atomic E-state index is 0.642. The summed E-state index contributed by atoms with van der Waals surface area (Å²) in [6.45, 7) is 1.83. The Bertz CT molecular complexity index is 606. The van der Waals surface area contributed by atoms with Crippen LogP contribution in [0.4, 0.5) is 0 Å². The predicted octanol–water partition coefficient (Wildman–Crippen LogP) is 3.93. The molecule has 0 aromatic heterocycles. The first-order chi connectivity index (χ1) is 10.7. The Kier molecular flexibility index (Phi) is 4.79. The molecule has 1 unspecified atom stereocenters. The number of aryl methyl sites for hydroxylation is 1. The third kappa shape index (κ3) is 3.89. The first kappa shape index (κ1) is 15.1. The molecule has 1 aliphatic carbocycles. The van der Waals surface area contributed by atoms with Crippen molar-refractivity contribution in [2.24, 2.45) is 5.92 Å². The van der Waals surface area contributed by atoms with Gasteiger partial charge in [-0.2, -0.15) is 0 Å². The zero-order chi connectivity index (χ0) is 15.4. The van der Waals surface area contributed by atoms with Crippen LogP contribution in [0.3, 0.4) is 0 Å². The van der Waals surface area contributed by atoms with Crippen molar-refractivity contribution >= 4 is 0 Å². The lowest BCUT2D eigenvalue weighted by atomic mass is 9.83. The van der Waals surface area contributed by atoms with Gasteiger partial charge < -0.3 is 9.64 Å². The maximum absolute atomic E-state index is 5.94. The van der Waals surface area contributed by atoms with Crippen molar-refractivity contribution in [3.8, 4) is 5.75 Å². The Balaban J connectivity index is 1.62. The van der Waals surface area contributed by atoms with Crippen molar-refractivity contribution in [3.05, 3.63) is 65.2 Å². The third-order valence-corrected chi connectivity index (χ3v) is 4.38. The molecule has 2 heteroatoms. The molecule has 0 amide bonds. The highest BCUT2D eigenvalue weighted by Crippen LogP contribution is 2.29. The molecule has 1 aliphatic rings. The molecule has 3 rings (SSSR count). The number of nitrogens with zero attached hydrogens (tertiary/aromatic N) is 1. The van der Waals surface area contributed by atoms with Crippen LogP contribution in [0.25, 0.3) is 0 Å². The largest absolute Gasteiger partial charge is 0.489 e. The van der Waals surface area contributed by atoms with Crippen molar-refractivity contribution in [2.45, 2.75) is 25.9 Å². The van der Waals surface area contributed by atoms with E-state index in [1.165, 1.54) is 42.5 Å². The van der Waals surface area contributed by atoms with Gasteiger partial charge in [-0.15, -0.1) is 0 Å². The highest BCUT2D eigenvalue weighted by molar-refractivity contribution is 5.37. The number of rotatable bonds is 5. The first-order valence-electron chi connectivity index (χ1n) is 8.14. The van der Waals surface area contributed by atoms with Gasteiger partial charge in [0.1, 0.15) is 12.4 Å². The van der Waals surface area contributed by atoms with E-state index in [1.807, 2.05) is 6.07 Å². The van der Waals surface area contributed by atoms with Gasteiger partial charge in [-0.3, -0.25) is 0 Å². The summed E-state index contributed by atoms with van der Waals surface area (Å²) < 4.78 is 5.94. The van der Waals surface area contributed by atoms with Gasteiger partial charge in [-0.25, -0.2) is 0 Å². The van der Waals surface area contributed by atoms with Crippen LogP contribution in [0.5, 0.6) is 5.75 Å². The smallest absolute Gasteiger partial charge is 0.120 e. The minimum absolute atomic E-state index is 0.642. The number of fused-ring (bicyclic) bond motifs is 1. The van der Waals surface area contributed by atoms with Crippen molar-refractivity contribution in [1.82, 2.24) is 4.90 Å². The molecular weight excluding hydrogens is 270 g/mol. The van der Waals surface area contributed by atoms with Gasteiger partial charge in [0.2, 0.25) is 0 Å². The summed E-state index contributed by atoms with van der Waals surface area (Å²) in [4.78, 5) is 2.30. The topological polar surface area (TPSA) is 12.5 Å². The molecular formula is C20H25NO. The standard InChI is InChI=1S/C20H25NO/c1-21(2)14-17-8-9-19-13-20(11-10-18(19)12-17)22-15-16-6-4-3-5-7-16/h3-7,10-11,13,17H,8-9,12,14-15H2,1-2H3. The molecule has 2 nitrogen and oxygen atoms in total. The highest BCUT2D eigenvalue weighted by atomic mass is 16.5. The van der Waals surface area contributed by atoms with Crippen LogP contribution in [0.1, 0.15) is 23.1 Å². The zero-order valence-corrected chi connectivity index (χ0v) is 13.6. The quantitative estimate of drug-likeness (QED) is 0.828. The fraction of sp³-hybridized carbons (Fsp3) is 0.400. The molecule has 0 spiro atoms. The lowest BCUT2D eigenvalue weighted by molar-refractivity contribution is 0.297. The van der Waals surface area contributed by atoms with E-state index in [0.29, 0.717) is 6.61 Å². The molecule has 1 atom stereocenters. The molecule has 116 valence electrons. The highest BCUT2D eigenvalue weighted by Gasteiger charge is 2.19. The molecule has 0 aliphatic heterocycles. The molecule has 0 bridgehead atoms. The summed E-state index contributed by atoms with van der Waals surface area (Å²) in [5, 5.41) is 0. The summed E-state index contributed by atoms with van der Waals surface area (Å²) in [5.41, 5.74) is 4.19. The third-order valence-electron chi connectivity index (χ3n) is 4.38. The zero-order valence-electron chi connectivity index (χ0n) is 13.6. The fourth-order valence-corrected chi connectivity index (χ4v) is 3.31. The molecule has 2 aromatic carbocycles. The Morgan fingerprint density at radius 1 is 1.05 bits per heavy atom. The molecule has 0 fully saturated rings. The number of hydrogen-bond donors (Lipinski definition) is 0. The second-order valence-corrected chi connectivity index (χ2v) is 6.58. The van der Waals surface area contributed by atoms with Gasteiger partial charge in [-0.1, -0.05) is 36.4 Å². The Hall–Kier alpha value is -1.80. The van der Waals surface area contributed by atoms with Gasteiger partial charge in [0.05, 0.1) is 0 Å².